The normalized spacial score (nSPS) is 10.9. The van der Waals surface area contributed by atoms with Crippen LogP contribution in [0.1, 0.15) is 24.2 Å². The first-order valence-electron chi connectivity index (χ1n) is 4.53. The fourth-order valence-corrected chi connectivity index (χ4v) is 0.998. The summed E-state index contributed by atoms with van der Waals surface area (Å²) >= 11 is 1.97. The lowest BCUT2D eigenvalue weighted by Gasteiger charge is -2.14. The number of hydrogen-bond acceptors (Lipinski definition) is 4. The van der Waals surface area contributed by atoms with Gasteiger partial charge in [0.25, 0.3) is 0 Å². The molecule has 1 aromatic carbocycles. The molecule has 0 atom stereocenters. The van der Waals surface area contributed by atoms with Crippen LogP contribution in [0.25, 0.3) is 0 Å². The molecule has 0 saturated heterocycles. The summed E-state index contributed by atoms with van der Waals surface area (Å²) in [5.41, 5.74) is 0.0496. The molecule has 86 valence electrons. The first-order chi connectivity index (χ1) is 7.30. The number of esters is 1. The topological polar surface area (TPSA) is 66.4 Å². The molecule has 0 aliphatic heterocycles. The third-order valence-corrected chi connectivity index (χ3v) is 2.23. The van der Waals surface area contributed by atoms with Gasteiger partial charge >= 0.3 is 5.97 Å². The largest absolute Gasteiger partial charge is 0.545 e. The second-order valence-corrected chi connectivity index (χ2v) is 6.37. The Hall–Kier alpha value is -1.11. The van der Waals surface area contributed by atoms with E-state index in [9.17, 15) is 14.7 Å². The smallest absolute Gasteiger partial charge is 0.326 e. The summed E-state index contributed by atoms with van der Waals surface area (Å²) in [6.07, 6.45) is 0. The maximum Gasteiger partial charge on any atom is 0.326 e. The van der Waals surface area contributed by atoms with Crippen molar-refractivity contribution in [1.29, 1.82) is 0 Å². The van der Waals surface area contributed by atoms with E-state index in [1.807, 2.05) is 22.6 Å². The van der Waals surface area contributed by atoms with E-state index in [1.165, 1.54) is 24.3 Å². The maximum absolute atomic E-state index is 11.5. The van der Waals surface area contributed by atoms with Crippen LogP contribution in [-0.4, -0.2) is 15.4 Å². The lowest BCUT2D eigenvalue weighted by Crippen LogP contribution is -2.29. The number of carbonyl (C=O) groups is 2. The highest BCUT2D eigenvalue weighted by Crippen LogP contribution is 2.21. The van der Waals surface area contributed by atoms with E-state index in [0.29, 0.717) is 5.75 Å². The van der Waals surface area contributed by atoms with Crippen molar-refractivity contribution in [2.45, 2.75) is 17.3 Å². The minimum absolute atomic E-state index is 0.0496. The van der Waals surface area contributed by atoms with Gasteiger partial charge in [-0.15, -0.1) is 0 Å². The number of carbonyl (C=O) groups excluding carboxylic acids is 2. The number of ether oxygens (including phenoxy) is 1. The minimum Gasteiger partial charge on any atom is -0.545 e. The highest BCUT2D eigenvalue weighted by Gasteiger charge is 2.25. The van der Waals surface area contributed by atoms with Crippen LogP contribution in [0.3, 0.4) is 0 Å². The summed E-state index contributed by atoms with van der Waals surface area (Å²) in [6, 6.07) is 5.51. The van der Waals surface area contributed by atoms with Gasteiger partial charge in [-0.25, -0.2) is 0 Å². The average molecular weight is 333 g/mol. The molecular weight excluding hydrogens is 323 g/mol. The van der Waals surface area contributed by atoms with Crippen molar-refractivity contribution in [2.75, 3.05) is 0 Å². The molecule has 0 aliphatic rings. The van der Waals surface area contributed by atoms with Crippen LogP contribution in [0.4, 0.5) is 0 Å². The number of halogens is 1. The van der Waals surface area contributed by atoms with Crippen molar-refractivity contribution in [3.05, 3.63) is 29.8 Å². The Morgan fingerprint density at radius 1 is 1.25 bits per heavy atom. The Bertz CT molecular complexity index is 403. The van der Waals surface area contributed by atoms with Crippen molar-refractivity contribution in [2.24, 2.45) is 0 Å². The van der Waals surface area contributed by atoms with Crippen molar-refractivity contribution in [3.63, 3.8) is 0 Å². The number of hydrogen-bond donors (Lipinski definition) is 0. The summed E-state index contributed by atoms with van der Waals surface area (Å²) in [5, 5.41) is 10.5. The molecular formula is C11H10IO4-. The van der Waals surface area contributed by atoms with Crippen LogP contribution in [0, 0.1) is 0 Å². The van der Waals surface area contributed by atoms with E-state index >= 15 is 0 Å². The van der Waals surface area contributed by atoms with Crippen molar-refractivity contribution >= 4 is 34.5 Å². The van der Waals surface area contributed by atoms with Gasteiger partial charge in [0.1, 0.15) is 9.17 Å². The summed E-state index contributed by atoms with van der Waals surface area (Å²) in [6.45, 7) is 3.46. The minimum atomic E-state index is -1.26. The first-order valence-corrected chi connectivity index (χ1v) is 5.61. The van der Waals surface area contributed by atoms with E-state index in [2.05, 4.69) is 0 Å². The number of benzene rings is 1. The molecule has 0 bridgehead atoms. The predicted molar refractivity (Wildman–Crippen MR) is 64.5 cm³/mol. The van der Waals surface area contributed by atoms with E-state index in [0.717, 1.165) is 0 Å². The summed E-state index contributed by atoms with van der Waals surface area (Å²) < 4.78 is 4.43. The van der Waals surface area contributed by atoms with Gasteiger partial charge < -0.3 is 14.6 Å². The third-order valence-electron chi connectivity index (χ3n) is 1.79. The summed E-state index contributed by atoms with van der Waals surface area (Å²) in [5.74, 6) is -1.32. The highest BCUT2D eigenvalue weighted by atomic mass is 127. The molecule has 0 saturated carbocycles. The average Bonchev–Trinajstić information content (AvgIpc) is 2.17. The first kappa shape index (κ1) is 13.0. The molecule has 0 heterocycles. The standard InChI is InChI=1S/C11H11IO4/c1-11(2,12)10(15)16-8-5-3-7(4-6-8)9(13)14/h3-6H,1-2H3,(H,13,14)/p-1. The molecule has 0 N–H and O–H groups in total. The number of alkyl halides is 1. The third kappa shape index (κ3) is 3.48. The van der Waals surface area contributed by atoms with Gasteiger partial charge in [-0.1, -0.05) is 22.6 Å². The molecule has 1 aromatic rings. The second kappa shape index (κ2) is 4.82. The number of carboxylic acid groups (broad SMARTS) is 1. The van der Waals surface area contributed by atoms with Crippen molar-refractivity contribution in [3.8, 4) is 5.75 Å². The Labute approximate surface area is 107 Å². The molecule has 16 heavy (non-hydrogen) atoms. The zero-order chi connectivity index (χ0) is 12.3. The van der Waals surface area contributed by atoms with Gasteiger partial charge in [0.2, 0.25) is 0 Å². The molecule has 0 spiro atoms. The molecule has 0 aromatic heterocycles. The monoisotopic (exact) mass is 333 g/mol. The van der Waals surface area contributed by atoms with Gasteiger partial charge in [0, 0.05) is 0 Å². The van der Waals surface area contributed by atoms with Crippen LogP contribution >= 0.6 is 22.6 Å². The highest BCUT2D eigenvalue weighted by molar-refractivity contribution is 14.1. The molecule has 0 aliphatic carbocycles. The van der Waals surface area contributed by atoms with Gasteiger partial charge in [-0.3, -0.25) is 4.79 Å². The number of rotatable bonds is 3. The van der Waals surface area contributed by atoms with Gasteiger partial charge in [-0.05, 0) is 43.7 Å². The lowest BCUT2D eigenvalue weighted by molar-refractivity contribution is -0.255. The van der Waals surface area contributed by atoms with Gasteiger partial charge in [0.15, 0.2) is 0 Å². The Morgan fingerprint density at radius 2 is 1.75 bits per heavy atom. The fraction of sp³-hybridized carbons (Fsp3) is 0.273. The molecule has 4 nitrogen and oxygen atoms in total. The molecule has 1 rings (SSSR count). The molecule has 5 heteroatoms. The molecule has 0 fully saturated rings. The van der Waals surface area contributed by atoms with Crippen LogP contribution in [0.15, 0.2) is 24.3 Å². The van der Waals surface area contributed by atoms with Gasteiger partial charge in [-0.2, -0.15) is 0 Å². The van der Waals surface area contributed by atoms with Crippen LogP contribution < -0.4 is 9.84 Å². The predicted octanol–water partition coefficient (Wildman–Crippen LogP) is 1.17. The SMILES string of the molecule is CC(C)(I)C(=O)Oc1ccc(C(=O)[O-])cc1. The van der Waals surface area contributed by atoms with Crippen molar-refractivity contribution < 1.29 is 19.4 Å². The number of aromatic carboxylic acids is 1. The maximum atomic E-state index is 11.5. The number of carboxylic acids is 1. The lowest BCUT2D eigenvalue weighted by atomic mass is 10.2. The van der Waals surface area contributed by atoms with Gasteiger partial charge in [0.05, 0.1) is 5.97 Å². The van der Waals surface area contributed by atoms with Crippen LogP contribution in [0.2, 0.25) is 0 Å². The van der Waals surface area contributed by atoms with Crippen LogP contribution in [0.5, 0.6) is 5.75 Å². The Kier molecular flexibility index (Phi) is 3.90. The Morgan fingerprint density at radius 3 is 2.12 bits per heavy atom. The second-order valence-electron chi connectivity index (χ2n) is 3.67. The quantitative estimate of drug-likeness (QED) is 0.360. The van der Waals surface area contributed by atoms with E-state index < -0.39 is 9.39 Å². The Balaban J connectivity index is 2.77. The fourth-order valence-electron chi connectivity index (χ4n) is 0.887. The van der Waals surface area contributed by atoms with E-state index in [1.54, 1.807) is 13.8 Å². The zero-order valence-electron chi connectivity index (χ0n) is 8.82. The van der Waals surface area contributed by atoms with Crippen LogP contribution in [-0.2, 0) is 4.79 Å². The summed E-state index contributed by atoms with van der Waals surface area (Å²) in [7, 11) is 0. The van der Waals surface area contributed by atoms with E-state index in [4.69, 9.17) is 4.74 Å². The summed E-state index contributed by atoms with van der Waals surface area (Å²) in [4.78, 5) is 22.0. The van der Waals surface area contributed by atoms with Crippen molar-refractivity contribution in [1.82, 2.24) is 0 Å². The molecule has 0 amide bonds. The van der Waals surface area contributed by atoms with E-state index in [-0.39, 0.29) is 11.5 Å². The zero-order valence-corrected chi connectivity index (χ0v) is 11.0. The molecule has 0 unspecified atom stereocenters. The molecule has 0 radical (unpaired) electrons.